The number of aryl methyl sites for hydroxylation is 1. The van der Waals surface area contributed by atoms with Crippen molar-refractivity contribution in [3.63, 3.8) is 0 Å². The molecule has 0 fully saturated rings. The molecule has 1 aromatic carbocycles. The molecule has 4 N–H and O–H groups in total. The molecule has 20 heavy (non-hydrogen) atoms. The average molecular weight is 272 g/mol. The SMILES string of the molecule is CNC(=O)c1cccc(NC(=O)c2cc(N)cn2C)c1. The van der Waals surface area contributed by atoms with Crippen LogP contribution in [0.2, 0.25) is 0 Å². The van der Waals surface area contributed by atoms with Gasteiger partial charge < -0.3 is 20.9 Å². The topological polar surface area (TPSA) is 89.2 Å². The van der Waals surface area contributed by atoms with E-state index in [0.29, 0.717) is 22.6 Å². The Morgan fingerprint density at radius 2 is 1.95 bits per heavy atom. The van der Waals surface area contributed by atoms with E-state index in [-0.39, 0.29) is 11.8 Å². The van der Waals surface area contributed by atoms with Gasteiger partial charge in [0.25, 0.3) is 11.8 Å². The summed E-state index contributed by atoms with van der Waals surface area (Å²) in [7, 11) is 3.30. The molecule has 2 amide bonds. The molecule has 0 aliphatic heterocycles. The number of nitrogens with zero attached hydrogens (tertiary/aromatic N) is 1. The van der Waals surface area contributed by atoms with Crippen molar-refractivity contribution in [2.45, 2.75) is 0 Å². The second-order valence-corrected chi connectivity index (χ2v) is 4.38. The predicted octanol–water partition coefficient (Wildman–Crippen LogP) is 1.22. The lowest BCUT2D eigenvalue weighted by molar-refractivity contribution is 0.0961. The molecule has 0 unspecified atom stereocenters. The number of benzene rings is 1. The van der Waals surface area contributed by atoms with Gasteiger partial charge in [-0.1, -0.05) is 6.07 Å². The van der Waals surface area contributed by atoms with Crippen LogP contribution in [0.25, 0.3) is 0 Å². The van der Waals surface area contributed by atoms with Gasteiger partial charge in [-0.2, -0.15) is 0 Å². The van der Waals surface area contributed by atoms with Gasteiger partial charge in [-0.3, -0.25) is 9.59 Å². The summed E-state index contributed by atoms with van der Waals surface area (Å²) in [5, 5.41) is 5.27. The van der Waals surface area contributed by atoms with E-state index in [9.17, 15) is 9.59 Å². The van der Waals surface area contributed by atoms with Crippen LogP contribution in [0.15, 0.2) is 36.5 Å². The molecular formula is C14H16N4O2. The number of nitrogens with one attached hydrogen (secondary N) is 2. The molecule has 2 aromatic rings. The van der Waals surface area contributed by atoms with Crippen molar-refractivity contribution in [3.8, 4) is 0 Å². The summed E-state index contributed by atoms with van der Waals surface area (Å²) in [4.78, 5) is 23.6. The highest BCUT2D eigenvalue weighted by molar-refractivity contribution is 6.04. The van der Waals surface area contributed by atoms with Crippen LogP contribution in [0.1, 0.15) is 20.8 Å². The van der Waals surface area contributed by atoms with Crippen LogP contribution in [0.3, 0.4) is 0 Å². The summed E-state index contributed by atoms with van der Waals surface area (Å²) >= 11 is 0. The average Bonchev–Trinajstić information content (AvgIpc) is 2.77. The first kappa shape index (κ1) is 13.7. The van der Waals surface area contributed by atoms with Crippen molar-refractivity contribution in [2.75, 3.05) is 18.1 Å². The summed E-state index contributed by atoms with van der Waals surface area (Å²) in [6.07, 6.45) is 1.66. The van der Waals surface area contributed by atoms with Crippen molar-refractivity contribution < 1.29 is 9.59 Å². The summed E-state index contributed by atoms with van der Waals surface area (Å²) in [6.45, 7) is 0. The normalized spacial score (nSPS) is 10.1. The lowest BCUT2D eigenvalue weighted by Gasteiger charge is -2.07. The maximum absolute atomic E-state index is 12.1. The molecule has 2 rings (SSSR count). The first-order valence-corrected chi connectivity index (χ1v) is 6.06. The Labute approximate surface area is 116 Å². The quantitative estimate of drug-likeness (QED) is 0.784. The van der Waals surface area contributed by atoms with Gasteiger partial charge in [0.05, 0.1) is 5.69 Å². The number of anilines is 2. The third-order valence-corrected chi connectivity index (χ3v) is 2.87. The fourth-order valence-electron chi connectivity index (χ4n) is 1.89. The molecule has 0 saturated heterocycles. The first-order valence-electron chi connectivity index (χ1n) is 6.06. The fraction of sp³-hybridized carbons (Fsp3) is 0.143. The highest BCUT2D eigenvalue weighted by Crippen LogP contribution is 2.14. The van der Waals surface area contributed by atoms with Crippen molar-refractivity contribution >= 4 is 23.2 Å². The second-order valence-electron chi connectivity index (χ2n) is 4.38. The number of hydrogen-bond acceptors (Lipinski definition) is 3. The minimum absolute atomic E-state index is 0.204. The number of nitrogen functional groups attached to an aromatic ring is 1. The lowest BCUT2D eigenvalue weighted by Crippen LogP contribution is -2.19. The van der Waals surface area contributed by atoms with E-state index in [0.717, 1.165) is 0 Å². The fourth-order valence-corrected chi connectivity index (χ4v) is 1.89. The number of amides is 2. The highest BCUT2D eigenvalue weighted by atomic mass is 16.2. The maximum Gasteiger partial charge on any atom is 0.272 e. The van der Waals surface area contributed by atoms with E-state index in [1.54, 1.807) is 55.2 Å². The highest BCUT2D eigenvalue weighted by Gasteiger charge is 2.12. The molecule has 6 heteroatoms. The molecule has 1 aromatic heterocycles. The van der Waals surface area contributed by atoms with Gasteiger partial charge in [-0.05, 0) is 24.3 Å². The van der Waals surface area contributed by atoms with Gasteiger partial charge in [-0.25, -0.2) is 0 Å². The van der Waals surface area contributed by atoms with Crippen LogP contribution in [0.5, 0.6) is 0 Å². The molecule has 6 nitrogen and oxygen atoms in total. The predicted molar refractivity (Wildman–Crippen MR) is 77.6 cm³/mol. The standard InChI is InChI=1S/C14H16N4O2/c1-16-13(19)9-4-3-5-11(6-9)17-14(20)12-7-10(15)8-18(12)2/h3-8H,15H2,1-2H3,(H,16,19)(H,17,20). The number of rotatable bonds is 3. The molecule has 0 saturated carbocycles. The third-order valence-electron chi connectivity index (χ3n) is 2.87. The van der Waals surface area contributed by atoms with E-state index in [2.05, 4.69) is 10.6 Å². The first-order chi connectivity index (χ1) is 9.51. The monoisotopic (exact) mass is 272 g/mol. The Morgan fingerprint density at radius 1 is 1.20 bits per heavy atom. The zero-order valence-electron chi connectivity index (χ0n) is 11.3. The van der Waals surface area contributed by atoms with Gasteiger partial charge in [0.1, 0.15) is 5.69 Å². The minimum atomic E-state index is -0.279. The summed E-state index contributed by atoms with van der Waals surface area (Å²) < 4.78 is 1.65. The van der Waals surface area contributed by atoms with Crippen molar-refractivity contribution in [3.05, 3.63) is 47.8 Å². The Kier molecular flexibility index (Phi) is 3.74. The van der Waals surface area contributed by atoms with Gasteiger partial charge in [0.15, 0.2) is 0 Å². The Balaban J connectivity index is 2.20. The van der Waals surface area contributed by atoms with Gasteiger partial charge in [-0.15, -0.1) is 0 Å². The molecule has 0 radical (unpaired) electrons. The summed E-state index contributed by atoms with van der Waals surface area (Å²) in [5.41, 5.74) is 7.65. The molecule has 1 heterocycles. The summed E-state index contributed by atoms with van der Waals surface area (Å²) in [6, 6.07) is 8.31. The maximum atomic E-state index is 12.1. The van der Waals surface area contributed by atoms with Crippen LogP contribution in [0, 0.1) is 0 Å². The van der Waals surface area contributed by atoms with Gasteiger partial charge >= 0.3 is 0 Å². The Bertz CT molecular complexity index is 661. The molecule has 0 atom stereocenters. The molecule has 0 aliphatic carbocycles. The van der Waals surface area contributed by atoms with Crippen LogP contribution >= 0.6 is 0 Å². The Morgan fingerprint density at radius 3 is 2.55 bits per heavy atom. The van der Waals surface area contributed by atoms with Crippen LogP contribution in [0.4, 0.5) is 11.4 Å². The smallest absolute Gasteiger partial charge is 0.272 e. The van der Waals surface area contributed by atoms with Crippen molar-refractivity contribution in [1.29, 1.82) is 0 Å². The number of nitrogens with two attached hydrogens (primary N) is 1. The minimum Gasteiger partial charge on any atom is -0.397 e. The summed E-state index contributed by atoms with van der Waals surface area (Å²) in [5.74, 6) is -0.484. The number of aromatic nitrogens is 1. The second kappa shape index (κ2) is 5.48. The molecule has 0 bridgehead atoms. The molecular weight excluding hydrogens is 256 g/mol. The number of hydrogen-bond donors (Lipinski definition) is 3. The molecule has 0 aliphatic rings. The third kappa shape index (κ3) is 2.80. The van der Waals surface area contributed by atoms with E-state index in [4.69, 9.17) is 5.73 Å². The van der Waals surface area contributed by atoms with Crippen LogP contribution in [-0.2, 0) is 7.05 Å². The zero-order valence-corrected chi connectivity index (χ0v) is 11.3. The van der Waals surface area contributed by atoms with E-state index in [1.807, 2.05) is 0 Å². The van der Waals surface area contributed by atoms with E-state index >= 15 is 0 Å². The van der Waals surface area contributed by atoms with Crippen LogP contribution in [-0.4, -0.2) is 23.4 Å². The van der Waals surface area contributed by atoms with E-state index in [1.165, 1.54) is 0 Å². The van der Waals surface area contributed by atoms with Crippen LogP contribution < -0.4 is 16.4 Å². The number of carbonyl (C=O) groups excluding carboxylic acids is 2. The lowest BCUT2D eigenvalue weighted by atomic mass is 10.2. The molecule has 0 spiro atoms. The van der Waals surface area contributed by atoms with Gasteiger partial charge in [0, 0.05) is 31.5 Å². The molecule has 104 valence electrons. The largest absolute Gasteiger partial charge is 0.397 e. The van der Waals surface area contributed by atoms with Crippen molar-refractivity contribution in [1.82, 2.24) is 9.88 Å². The van der Waals surface area contributed by atoms with Crippen molar-refractivity contribution in [2.24, 2.45) is 7.05 Å². The van der Waals surface area contributed by atoms with Gasteiger partial charge in [0.2, 0.25) is 0 Å². The van der Waals surface area contributed by atoms with E-state index < -0.39 is 0 Å². The number of carbonyl (C=O) groups is 2. The Hall–Kier alpha value is -2.76. The zero-order chi connectivity index (χ0) is 14.7.